The summed E-state index contributed by atoms with van der Waals surface area (Å²) in [5.74, 6) is -0.338. The van der Waals surface area contributed by atoms with Gasteiger partial charge in [-0.05, 0) is 55.7 Å². The summed E-state index contributed by atoms with van der Waals surface area (Å²) in [7, 11) is -1.57. The topological polar surface area (TPSA) is 94.6 Å². The van der Waals surface area contributed by atoms with Gasteiger partial charge < -0.3 is 10.6 Å². The Balaban J connectivity index is 1.57. The number of urea groups is 1. The van der Waals surface area contributed by atoms with Gasteiger partial charge >= 0.3 is 6.03 Å². The van der Waals surface area contributed by atoms with Crippen LogP contribution in [0.15, 0.2) is 42.7 Å². The summed E-state index contributed by atoms with van der Waals surface area (Å²) in [6.07, 6.45) is 4.57. The lowest BCUT2D eigenvalue weighted by atomic mass is 10.0. The Bertz CT molecular complexity index is 995. The molecule has 1 aliphatic rings. The van der Waals surface area contributed by atoms with Gasteiger partial charge in [0.15, 0.2) is 0 Å². The van der Waals surface area contributed by atoms with E-state index in [0.29, 0.717) is 17.9 Å². The van der Waals surface area contributed by atoms with Crippen LogP contribution in [-0.4, -0.2) is 60.6 Å². The van der Waals surface area contributed by atoms with Gasteiger partial charge in [-0.2, -0.15) is 0 Å². The van der Waals surface area contributed by atoms with Crippen molar-refractivity contribution < 1.29 is 17.6 Å². The third-order valence-electron chi connectivity index (χ3n) is 5.42. The zero-order valence-electron chi connectivity index (χ0n) is 17.7. The lowest BCUT2D eigenvalue weighted by Gasteiger charge is -2.36. The first-order valence-electron chi connectivity index (χ1n) is 10.2. The van der Waals surface area contributed by atoms with Crippen molar-refractivity contribution in [1.29, 1.82) is 0 Å². The van der Waals surface area contributed by atoms with Crippen LogP contribution >= 0.6 is 0 Å². The van der Waals surface area contributed by atoms with Crippen LogP contribution in [0.1, 0.15) is 25.3 Å². The highest BCUT2D eigenvalue weighted by atomic mass is 32.2. The standard InChI is InChI=1S/C21H28FN5O3S/c1-3-31(29,30)26(2)20-6-9-27(10-7-20)15-16-11-17(22)13-19(12-16)25-21(28)24-18-5-4-8-23-14-18/h4-5,8,11-14,20H,3,6-7,9-10,15H2,1-2H3,(H2,24,25,28). The maximum atomic E-state index is 14.1. The number of halogens is 1. The number of benzene rings is 1. The molecule has 1 fully saturated rings. The number of piperidine rings is 1. The van der Waals surface area contributed by atoms with Crippen LogP contribution in [-0.2, 0) is 16.6 Å². The van der Waals surface area contributed by atoms with E-state index in [2.05, 4.69) is 20.5 Å². The highest BCUT2D eigenvalue weighted by Crippen LogP contribution is 2.22. The van der Waals surface area contributed by atoms with Gasteiger partial charge in [-0.1, -0.05) is 0 Å². The molecule has 0 spiro atoms. The number of carbonyl (C=O) groups excluding carboxylic acids is 1. The fourth-order valence-electron chi connectivity index (χ4n) is 3.67. The summed E-state index contributed by atoms with van der Waals surface area (Å²) in [6, 6.07) is 7.37. The minimum Gasteiger partial charge on any atom is -0.308 e. The van der Waals surface area contributed by atoms with E-state index in [1.54, 1.807) is 38.4 Å². The number of nitrogens with one attached hydrogen (secondary N) is 2. The van der Waals surface area contributed by atoms with E-state index < -0.39 is 21.9 Å². The number of rotatable bonds is 7. The summed E-state index contributed by atoms with van der Waals surface area (Å²) >= 11 is 0. The quantitative estimate of drug-likeness (QED) is 0.677. The van der Waals surface area contributed by atoms with Gasteiger partial charge in [-0.3, -0.25) is 9.88 Å². The second-order valence-corrected chi connectivity index (χ2v) is 9.91. The molecule has 0 saturated carbocycles. The van der Waals surface area contributed by atoms with Gasteiger partial charge in [0, 0.05) is 44.6 Å². The molecule has 0 atom stereocenters. The van der Waals surface area contributed by atoms with E-state index in [4.69, 9.17) is 0 Å². The smallest absolute Gasteiger partial charge is 0.308 e. The molecule has 10 heteroatoms. The number of amides is 2. The molecule has 2 heterocycles. The van der Waals surface area contributed by atoms with Gasteiger partial charge in [0.25, 0.3) is 0 Å². The number of hydrogen-bond acceptors (Lipinski definition) is 5. The maximum absolute atomic E-state index is 14.1. The highest BCUT2D eigenvalue weighted by Gasteiger charge is 2.28. The van der Waals surface area contributed by atoms with Crippen molar-refractivity contribution in [3.63, 3.8) is 0 Å². The van der Waals surface area contributed by atoms with E-state index in [1.807, 2.05) is 0 Å². The molecule has 2 amide bonds. The molecular weight excluding hydrogens is 421 g/mol. The normalized spacial score (nSPS) is 15.7. The van der Waals surface area contributed by atoms with Crippen LogP contribution in [0.5, 0.6) is 0 Å². The molecular formula is C21H28FN5O3S. The highest BCUT2D eigenvalue weighted by molar-refractivity contribution is 7.89. The van der Waals surface area contributed by atoms with Crippen molar-refractivity contribution in [2.75, 3.05) is 36.5 Å². The molecule has 0 radical (unpaired) electrons. The summed E-state index contributed by atoms with van der Waals surface area (Å²) < 4.78 is 39.8. The SMILES string of the molecule is CCS(=O)(=O)N(C)C1CCN(Cc2cc(F)cc(NC(=O)Nc3cccnc3)c2)CC1. The van der Waals surface area contributed by atoms with Crippen molar-refractivity contribution in [3.05, 3.63) is 54.1 Å². The van der Waals surface area contributed by atoms with E-state index in [0.717, 1.165) is 31.5 Å². The summed E-state index contributed by atoms with van der Waals surface area (Å²) in [5, 5.41) is 5.29. The molecule has 1 aliphatic heterocycles. The number of pyridine rings is 1. The second kappa shape index (κ2) is 10.2. The van der Waals surface area contributed by atoms with E-state index in [-0.39, 0.29) is 11.8 Å². The monoisotopic (exact) mass is 449 g/mol. The molecule has 1 saturated heterocycles. The van der Waals surface area contributed by atoms with Gasteiger partial charge in [-0.25, -0.2) is 21.9 Å². The lowest BCUT2D eigenvalue weighted by Crippen LogP contribution is -2.45. The number of aromatic nitrogens is 1. The van der Waals surface area contributed by atoms with Crippen molar-refractivity contribution in [2.24, 2.45) is 0 Å². The van der Waals surface area contributed by atoms with Gasteiger partial charge in [0.2, 0.25) is 10.0 Å². The van der Waals surface area contributed by atoms with Crippen LogP contribution in [0.2, 0.25) is 0 Å². The van der Waals surface area contributed by atoms with Gasteiger partial charge in [-0.15, -0.1) is 0 Å². The summed E-state index contributed by atoms with van der Waals surface area (Å²) in [6.45, 7) is 3.60. The Hall–Kier alpha value is -2.56. The van der Waals surface area contributed by atoms with Crippen molar-refractivity contribution in [3.8, 4) is 0 Å². The second-order valence-electron chi connectivity index (χ2n) is 7.59. The minimum absolute atomic E-state index is 0.0119. The van der Waals surface area contributed by atoms with Crippen LogP contribution in [0.4, 0.5) is 20.6 Å². The van der Waals surface area contributed by atoms with Gasteiger partial charge in [0.1, 0.15) is 5.82 Å². The Morgan fingerprint density at radius 3 is 2.58 bits per heavy atom. The molecule has 168 valence electrons. The summed E-state index contributed by atoms with van der Waals surface area (Å²) in [5.41, 5.74) is 1.64. The van der Waals surface area contributed by atoms with Crippen LogP contribution in [0.25, 0.3) is 0 Å². The van der Waals surface area contributed by atoms with E-state index in [9.17, 15) is 17.6 Å². The Kier molecular flexibility index (Phi) is 7.58. The first-order chi connectivity index (χ1) is 14.8. The Morgan fingerprint density at radius 1 is 1.23 bits per heavy atom. The van der Waals surface area contributed by atoms with Gasteiger partial charge in [0.05, 0.1) is 17.6 Å². The first-order valence-corrected chi connectivity index (χ1v) is 11.8. The molecule has 1 aromatic heterocycles. The van der Waals surface area contributed by atoms with E-state index >= 15 is 0 Å². The fraction of sp³-hybridized carbons (Fsp3) is 0.429. The molecule has 3 rings (SSSR count). The number of hydrogen-bond donors (Lipinski definition) is 2. The first kappa shape index (κ1) is 23.1. The average molecular weight is 450 g/mol. The molecule has 1 aromatic carbocycles. The third kappa shape index (κ3) is 6.46. The Labute approximate surface area is 182 Å². The largest absolute Gasteiger partial charge is 0.323 e. The van der Waals surface area contributed by atoms with E-state index in [1.165, 1.54) is 22.6 Å². The van der Waals surface area contributed by atoms with Crippen LogP contribution < -0.4 is 10.6 Å². The third-order valence-corrected chi connectivity index (χ3v) is 7.32. The Morgan fingerprint density at radius 2 is 1.94 bits per heavy atom. The number of anilines is 2. The zero-order valence-corrected chi connectivity index (χ0v) is 18.5. The summed E-state index contributed by atoms with van der Waals surface area (Å²) in [4.78, 5) is 18.3. The zero-order chi connectivity index (χ0) is 22.4. The molecule has 8 nitrogen and oxygen atoms in total. The molecule has 0 bridgehead atoms. The molecule has 0 unspecified atom stereocenters. The molecule has 0 aliphatic carbocycles. The minimum atomic E-state index is -3.20. The number of carbonyl (C=O) groups is 1. The predicted octanol–water partition coefficient (Wildman–Crippen LogP) is 3.11. The molecule has 31 heavy (non-hydrogen) atoms. The molecule has 2 N–H and O–H groups in total. The average Bonchev–Trinajstić information content (AvgIpc) is 2.74. The number of nitrogens with zero attached hydrogens (tertiary/aromatic N) is 3. The number of sulfonamides is 1. The lowest BCUT2D eigenvalue weighted by molar-refractivity contribution is 0.164. The van der Waals surface area contributed by atoms with Crippen LogP contribution in [0.3, 0.4) is 0 Å². The maximum Gasteiger partial charge on any atom is 0.323 e. The van der Waals surface area contributed by atoms with Crippen LogP contribution in [0, 0.1) is 5.82 Å². The van der Waals surface area contributed by atoms with Crippen molar-refractivity contribution in [1.82, 2.24) is 14.2 Å². The predicted molar refractivity (Wildman–Crippen MR) is 119 cm³/mol. The van der Waals surface area contributed by atoms with Crippen molar-refractivity contribution >= 4 is 27.4 Å². The fourth-order valence-corrected chi connectivity index (χ4v) is 4.75. The molecule has 2 aromatic rings. The van der Waals surface area contributed by atoms with Crippen molar-refractivity contribution in [2.45, 2.75) is 32.4 Å². The number of likely N-dealkylation sites (tertiary alicyclic amines) is 1.